The van der Waals surface area contributed by atoms with Gasteiger partial charge in [-0.2, -0.15) is 0 Å². The van der Waals surface area contributed by atoms with Crippen molar-refractivity contribution in [1.29, 1.82) is 0 Å². The lowest BCUT2D eigenvalue weighted by Gasteiger charge is -1.99. The first-order valence-corrected chi connectivity index (χ1v) is 4.27. The summed E-state index contributed by atoms with van der Waals surface area (Å²) in [5.41, 5.74) is 0.813. The number of hydrogen-bond acceptors (Lipinski definition) is 3. The van der Waals surface area contributed by atoms with E-state index >= 15 is 0 Å². The number of halogens is 1. The summed E-state index contributed by atoms with van der Waals surface area (Å²) in [6.45, 7) is 1.91. The first-order valence-electron chi connectivity index (χ1n) is 3.35. The van der Waals surface area contributed by atoms with Gasteiger partial charge >= 0.3 is 0 Å². The van der Waals surface area contributed by atoms with Gasteiger partial charge in [-0.1, -0.05) is 15.9 Å². The largest absolute Gasteiger partial charge is 0.287 e. The van der Waals surface area contributed by atoms with E-state index in [0.717, 1.165) is 5.69 Å². The van der Waals surface area contributed by atoms with Crippen LogP contribution in [-0.4, -0.2) is 9.91 Å². The van der Waals surface area contributed by atoms with E-state index in [9.17, 15) is 10.1 Å². The van der Waals surface area contributed by atoms with E-state index in [4.69, 9.17) is 0 Å². The van der Waals surface area contributed by atoms with Crippen LogP contribution in [0.3, 0.4) is 0 Å². The highest BCUT2D eigenvalue weighted by Gasteiger charge is 2.07. The molecule has 0 radical (unpaired) electrons. The second kappa shape index (κ2) is 3.62. The van der Waals surface area contributed by atoms with Gasteiger partial charge in [-0.05, 0) is 13.0 Å². The van der Waals surface area contributed by atoms with Crippen molar-refractivity contribution in [1.82, 2.24) is 4.98 Å². The molecule has 4 nitrogen and oxygen atoms in total. The summed E-state index contributed by atoms with van der Waals surface area (Å²) < 4.78 is 0. The number of aromatic nitrogens is 1. The molecule has 0 amide bonds. The van der Waals surface area contributed by atoms with Crippen LogP contribution in [0.5, 0.6) is 0 Å². The molecule has 1 aromatic rings. The monoisotopic (exact) mass is 230 g/mol. The van der Waals surface area contributed by atoms with Gasteiger partial charge in [0, 0.05) is 6.07 Å². The molecule has 0 aliphatic carbocycles. The average Bonchev–Trinajstić information content (AvgIpc) is 2.04. The molecule has 1 aromatic heterocycles. The van der Waals surface area contributed by atoms with Crippen LogP contribution in [0, 0.1) is 10.1 Å². The lowest BCUT2D eigenvalue weighted by molar-refractivity contribution is -0.385. The Hall–Kier alpha value is -0.970. The smallest absolute Gasteiger partial charge is 0.258 e. The van der Waals surface area contributed by atoms with Crippen LogP contribution < -0.4 is 0 Å². The maximum absolute atomic E-state index is 10.2. The second-order valence-electron chi connectivity index (χ2n) is 2.31. The Morgan fingerprint density at radius 3 is 2.67 bits per heavy atom. The highest BCUT2D eigenvalue weighted by Crippen LogP contribution is 2.20. The van der Waals surface area contributed by atoms with Crippen LogP contribution in [0.4, 0.5) is 5.69 Å². The molecule has 1 atom stereocenters. The molecule has 64 valence electrons. The third-order valence-electron chi connectivity index (χ3n) is 1.39. The van der Waals surface area contributed by atoms with Crippen molar-refractivity contribution in [2.45, 2.75) is 11.8 Å². The lowest BCUT2D eigenvalue weighted by Crippen LogP contribution is -1.92. The maximum Gasteiger partial charge on any atom is 0.287 e. The summed E-state index contributed by atoms with van der Waals surface area (Å²) in [7, 11) is 0. The van der Waals surface area contributed by atoms with Crippen LogP contribution in [-0.2, 0) is 0 Å². The Morgan fingerprint density at radius 2 is 2.33 bits per heavy atom. The molecule has 0 fully saturated rings. The molecule has 12 heavy (non-hydrogen) atoms. The van der Waals surface area contributed by atoms with Crippen LogP contribution in [0.2, 0.25) is 0 Å². The molecule has 1 unspecified atom stereocenters. The normalized spacial score (nSPS) is 12.5. The van der Waals surface area contributed by atoms with E-state index in [-0.39, 0.29) is 10.5 Å². The van der Waals surface area contributed by atoms with E-state index in [0.29, 0.717) is 0 Å². The minimum absolute atomic E-state index is 0.0203. The topological polar surface area (TPSA) is 56.0 Å². The van der Waals surface area contributed by atoms with Gasteiger partial charge in [-0.25, -0.2) is 0 Å². The van der Waals surface area contributed by atoms with Crippen LogP contribution in [0.15, 0.2) is 18.3 Å². The third-order valence-corrected chi connectivity index (χ3v) is 1.86. The van der Waals surface area contributed by atoms with Gasteiger partial charge in [0.25, 0.3) is 5.69 Å². The number of nitro groups is 1. The van der Waals surface area contributed by atoms with Gasteiger partial charge in [0.15, 0.2) is 0 Å². The Balaban J connectivity index is 2.93. The average molecular weight is 231 g/mol. The zero-order valence-corrected chi connectivity index (χ0v) is 7.98. The molecule has 0 bridgehead atoms. The molecule has 0 aliphatic rings. The summed E-state index contributed by atoms with van der Waals surface area (Å²) in [5.74, 6) is 0. The number of alkyl halides is 1. The minimum atomic E-state index is -0.463. The molecule has 5 heteroatoms. The summed E-state index contributed by atoms with van der Waals surface area (Å²) in [4.78, 5) is 13.8. The van der Waals surface area contributed by atoms with Crippen LogP contribution in [0.25, 0.3) is 0 Å². The Kier molecular flexibility index (Phi) is 2.75. The van der Waals surface area contributed by atoms with Gasteiger partial charge in [-0.15, -0.1) is 0 Å². The lowest BCUT2D eigenvalue weighted by atomic mass is 10.3. The molecular formula is C7H7BrN2O2. The summed E-state index contributed by atoms with van der Waals surface area (Å²) in [6, 6.07) is 3.08. The molecule has 0 spiro atoms. The van der Waals surface area contributed by atoms with E-state index in [1.165, 1.54) is 12.3 Å². The zero-order valence-electron chi connectivity index (χ0n) is 6.40. The molecule has 1 rings (SSSR count). The highest BCUT2D eigenvalue weighted by molar-refractivity contribution is 9.09. The molecule has 0 saturated carbocycles. The molecular weight excluding hydrogens is 224 g/mol. The Labute approximate surface area is 77.9 Å². The molecule has 0 saturated heterocycles. The number of hydrogen-bond donors (Lipinski definition) is 0. The van der Waals surface area contributed by atoms with Gasteiger partial charge in [-0.3, -0.25) is 15.1 Å². The molecule has 1 heterocycles. The summed E-state index contributed by atoms with van der Waals surface area (Å²) in [5, 5.41) is 10.2. The summed E-state index contributed by atoms with van der Waals surface area (Å²) in [6.07, 6.45) is 1.26. The quantitative estimate of drug-likeness (QED) is 0.446. The van der Waals surface area contributed by atoms with Gasteiger partial charge in [0.05, 0.1) is 15.4 Å². The van der Waals surface area contributed by atoms with Gasteiger partial charge in [0.1, 0.15) is 6.20 Å². The highest BCUT2D eigenvalue weighted by atomic mass is 79.9. The fourth-order valence-electron chi connectivity index (χ4n) is 0.741. The fraction of sp³-hybridized carbons (Fsp3) is 0.286. The van der Waals surface area contributed by atoms with Gasteiger partial charge in [0.2, 0.25) is 0 Å². The van der Waals surface area contributed by atoms with Crippen LogP contribution in [0.1, 0.15) is 17.4 Å². The molecule has 0 aliphatic heterocycles. The van der Waals surface area contributed by atoms with Crippen molar-refractivity contribution in [3.05, 3.63) is 34.1 Å². The van der Waals surface area contributed by atoms with Crippen molar-refractivity contribution in [2.75, 3.05) is 0 Å². The zero-order chi connectivity index (χ0) is 9.14. The summed E-state index contributed by atoms with van der Waals surface area (Å²) >= 11 is 3.31. The van der Waals surface area contributed by atoms with Crippen molar-refractivity contribution >= 4 is 21.6 Å². The first kappa shape index (κ1) is 9.12. The van der Waals surface area contributed by atoms with E-state index in [1.54, 1.807) is 6.07 Å². The molecule has 0 aromatic carbocycles. The third kappa shape index (κ3) is 2.01. The predicted octanol–water partition coefficient (Wildman–Crippen LogP) is 2.45. The van der Waals surface area contributed by atoms with Crippen molar-refractivity contribution in [3.8, 4) is 0 Å². The van der Waals surface area contributed by atoms with Crippen molar-refractivity contribution in [3.63, 3.8) is 0 Å². The predicted molar refractivity (Wildman–Crippen MR) is 48.2 cm³/mol. The number of pyridine rings is 1. The molecule has 0 N–H and O–H groups in total. The van der Waals surface area contributed by atoms with E-state index in [2.05, 4.69) is 20.9 Å². The van der Waals surface area contributed by atoms with E-state index in [1.807, 2.05) is 6.92 Å². The number of rotatable bonds is 2. The maximum atomic E-state index is 10.2. The second-order valence-corrected chi connectivity index (χ2v) is 3.69. The SMILES string of the molecule is CC(Br)c1ccc([N+](=O)[O-])cn1. The standard InChI is InChI=1S/C7H7BrN2O2/c1-5(8)7-3-2-6(4-9-7)10(11)12/h2-5H,1H3. The number of nitrogens with zero attached hydrogens (tertiary/aromatic N) is 2. The Morgan fingerprint density at radius 1 is 1.67 bits per heavy atom. The van der Waals surface area contributed by atoms with Crippen molar-refractivity contribution in [2.24, 2.45) is 0 Å². The minimum Gasteiger partial charge on any atom is -0.258 e. The van der Waals surface area contributed by atoms with Crippen molar-refractivity contribution < 1.29 is 4.92 Å². The van der Waals surface area contributed by atoms with Crippen LogP contribution >= 0.6 is 15.9 Å². The fourth-order valence-corrected chi connectivity index (χ4v) is 1.01. The Bertz CT molecular complexity index is 284. The van der Waals surface area contributed by atoms with Gasteiger partial charge < -0.3 is 0 Å². The first-order chi connectivity index (χ1) is 5.61. The van der Waals surface area contributed by atoms with E-state index < -0.39 is 4.92 Å².